The largest absolute Gasteiger partial charge is 0.330 e. The molecule has 1 unspecified atom stereocenters. The van der Waals surface area contributed by atoms with Gasteiger partial charge in [0.1, 0.15) is 0 Å². The fourth-order valence-corrected chi connectivity index (χ4v) is 2.57. The molecule has 0 aliphatic carbocycles. The monoisotopic (exact) mass is 326 g/mol. The first-order valence-corrected chi connectivity index (χ1v) is 7.29. The molecule has 1 aromatic rings. The van der Waals surface area contributed by atoms with E-state index in [1.54, 1.807) is 0 Å². The first-order valence-electron chi connectivity index (χ1n) is 6.50. The van der Waals surface area contributed by atoms with E-state index >= 15 is 0 Å². The predicted molar refractivity (Wildman–Crippen MR) is 84.1 cm³/mol. The summed E-state index contributed by atoms with van der Waals surface area (Å²) in [6.45, 7) is 8.73. The number of carbonyl (C=O) groups is 1. The number of anilines is 1. The summed E-state index contributed by atoms with van der Waals surface area (Å²) in [5.41, 5.74) is 7.76. The number of nitrogens with two attached hydrogens (primary N) is 1. The number of hydrogen-bond acceptors (Lipinski definition) is 2. The SMILES string of the molecule is Cc1ccc(NC(=O)C(CN)CC(C)(C)C)c(Br)c1. The number of carbonyl (C=O) groups excluding carboxylic acids is 1. The van der Waals surface area contributed by atoms with E-state index in [0.29, 0.717) is 6.54 Å². The Morgan fingerprint density at radius 3 is 2.53 bits per heavy atom. The molecule has 0 spiro atoms. The van der Waals surface area contributed by atoms with Gasteiger partial charge in [0.05, 0.1) is 11.6 Å². The van der Waals surface area contributed by atoms with Crippen molar-refractivity contribution in [1.29, 1.82) is 0 Å². The maximum Gasteiger partial charge on any atom is 0.228 e. The van der Waals surface area contributed by atoms with E-state index in [1.165, 1.54) is 0 Å². The summed E-state index contributed by atoms with van der Waals surface area (Å²) in [5, 5.41) is 2.95. The minimum atomic E-state index is -0.159. The van der Waals surface area contributed by atoms with Gasteiger partial charge >= 0.3 is 0 Å². The Hall–Kier alpha value is -0.870. The van der Waals surface area contributed by atoms with Gasteiger partial charge in [-0.25, -0.2) is 0 Å². The molecule has 3 N–H and O–H groups in total. The second-order valence-electron chi connectivity index (χ2n) is 6.17. The molecule has 0 saturated heterocycles. The van der Waals surface area contributed by atoms with Gasteiger partial charge in [0.15, 0.2) is 0 Å². The lowest BCUT2D eigenvalue weighted by Crippen LogP contribution is -2.32. The van der Waals surface area contributed by atoms with Crippen LogP contribution in [-0.2, 0) is 4.79 Å². The number of halogens is 1. The molecule has 0 saturated carbocycles. The summed E-state index contributed by atoms with van der Waals surface area (Å²) in [7, 11) is 0. The van der Waals surface area contributed by atoms with E-state index in [1.807, 2.05) is 25.1 Å². The van der Waals surface area contributed by atoms with Crippen LogP contribution in [0.3, 0.4) is 0 Å². The number of hydrogen-bond donors (Lipinski definition) is 2. The molecule has 1 amide bonds. The van der Waals surface area contributed by atoms with Crippen LogP contribution in [0, 0.1) is 18.3 Å². The molecular weight excluding hydrogens is 304 g/mol. The Balaban J connectivity index is 2.77. The topological polar surface area (TPSA) is 55.1 Å². The zero-order chi connectivity index (χ0) is 14.6. The van der Waals surface area contributed by atoms with E-state index in [9.17, 15) is 4.79 Å². The summed E-state index contributed by atoms with van der Waals surface area (Å²) >= 11 is 3.46. The van der Waals surface area contributed by atoms with Gasteiger partial charge in [-0.2, -0.15) is 0 Å². The summed E-state index contributed by atoms with van der Waals surface area (Å²) < 4.78 is 0.896. The van der Waals surface area contributed by atoms with Gasteiger partial charge in [0, 0.05) is 11.0 Å². The van der Waals surface area contributed by atoms with Crippen LogP contribution in [0.2, 0.25) is 0 Å². The quantitative estimate of drug-likeness (QED) is 0.886. The van der Waals surface area contributed by atoms with Gasteiger partial charge in [-0.1, -0.05) is 26.8 Å². The van der Waals surface area contributed by atoms with Crippen molar-refractivity contribution in [2.24, 2.45) is 17.1 Å². The summed E-state index contributed by atoms with van der Waals surface area (Å²) in [6, 6.07) is 5.86. The molecule has 106 valence electrons. The Bertz CT molecular complexity index is 452. The second-order valence-corrected chi connectivity index (χ2v) is 7.02. The molecule has 1 rings (SSSR count). The van der Waals surface area contributed by atoms with E-state index < -0.39 is 0 Å². The van der Waals surface area contributed by atoms with Crippen LogP contribution in [0.25, 0.3) is 0 Å². The lowest BCUT2D eigenvalue weighted by atomic mass is 9.84. The molecule has 3 nitrogen and oxygen atoms in total. The van der Waals surface area contributed by atoms with Gasteiger partial charge in [-0.15, -0.1) is 0 Å². The van der Waals surface area contributed by atoms with Crippen LogP contribution in [0.5, 0.6) is 0 Å². The smallest absolute Gasteiger partial charge is 0.228 e. The van der Waals surface area contributed by atoms with Crippen LogP contribution in [0.1, 0.15) is 32.8 Å². The highest BCUT2D eigenvalue weighted by atomic mass is 79.9. The van der Waals surface area contributed by atoms with Gasteiger partial charge < -0.3 is 11.1 Å². The molecule has 0 fully saturated rings. The van der Waals surface area contributed by atoms with Crippen molar-refractivity contribution in [3.8, 4) is 0 Å². The Morgan fingerprint density at radius 2 is 2.05 bits per heavy atom. The van der Waals surface area contributed by atoms with Crippen molar-refractivity contribution >= 4 is 27.5 Å². The molecule has 19 heavy (non-hydrogen) atoms. The number of nitrogens with one attached hydrogen (secondary N) is 1. The molecule has 4 heteroatoms. The standard InChI is InChI=1S/C15H23BrN2O/c1-10-5-6-13(12(16)7-10)18-14(19)11(9-17)8-15(2,3)4/h5-7,11H,8-9,17H2,1-4H3,(H,18,19). The van der Waals surface area contributed by atoms with Crippen molar-refractivity contribution in [1.82, 2.24) is 0 Å². The van der Waals surface area contributed by atoms with Crippen LogP contribution in [-0.4, -0.2) is 12.5 Å². The van der Waals surface area contributed by atoms with E-state index in [-0.39, 0.29) is 17.2 Å². The van der Waals surface area contributed by atoms with Gasteiger partial charge in [0.2, 0.25) is 5.91 Å². The third kappa shape index (κ3) is 5.33. The predicted octanol–water partition coefficient (Wildman–Crippen LogP) is 3.71. The molecule has 0 aliphatic rings. The highest BCUT2D eigenvalue weighted by Crippen LogP contribution is 2.27. The van der Waals surface area contributed by atoms with Crippen LogP contribution < -0.4 is 11.1 Å². The van der Waals surface area contributed by atoms with Gasteiger partial charge in [-0.05, 0) is 52.4 Å². The molecule has 0 aromatic heterocycles. The van der Waals surface area contributed by atoms with Gasteiger partial charge in [-0.3, -0.25) is 4.79 Å². The van der Waals surface area contributed by atoms with Crippen LogP contribution >= 0.6 is 15.9 Å². The second kappa shape index (κ2) is 6.53. The molecule has 1 aromatic carbocycles. The highest BCUT2D eigenvalue weighted by molar-refractivity contribution is 9.10. The minimum Gasteiger partial charge on any atom is -0.330 e. The molecular formula is C15H23BrN2O. The molecule has 1 atom stereocenters. The molecule has 0 heterocycles. The molecule has 0 bridgehead atoms. The van der Waals surface area contributed by atoms with Crippen LogP contribution in [0.4, 0.5) is 5.69 Å². The van der Waals surface area contributed by atoms with Crippen LogP contribution in [0.15, 0.2) is 22.7 Å². The first kappa shape index (κ1) is 16.2. The zero-order valence-corrected chi connectivity index (χ0v) is 13.7. The normalized spacial score (nSPS) is 13.2. The summed E-state index contributed by atoms with van der Waals surface area (Å²) in [6.07, 6.45) is 0.777. The highest BCUT2D eigenvalue weighted by Gasteiger charge is 2.24. The van der Waals surface area contributed by atoms with Crippen molar-refractivity contribution in [2.45, 2.75) is 34.1 Å². The molecule has 0 radical (unpaired) electrons. The maximum absolute atomic E-state index is 12.2. The Morgan fingerprint density at radius 1 is 1.42 bits per heavy atom. The average Bonchev–Trinajstić information content (AvgIpc) is 2.28. The number of rotatable bonds is 4. The zero-order valence-electron chi connectivity index (χ0n) is 12.1. The Kier molecular flexibility index (Phi) is 5.56. The molecule has 0 aliphatic heterocycles. The lowest BCUT2D eigenvalue weighted by molar-refractivity contribution is -0.120. The summed E-state index contributed by atoms with van der Waals surface area (Å²) in [4.78, 5) is 12.2. The maximum atomic E-state index is 12.2. The average molecular weight is 327 g/mol. The van der Waals surface area contributed by atoms with Gasteiger partial charge in [0.25, 0.3) is 0 Å². The number of amides is 1. The third-order valence-electron chi connectivity index (χ3n) is 2.90. The van der Waals surface area contributed by atoms with E-state index in [2.05, 4.69) is 42.0 Å². The van der Waals surface area contributed by atoms with E-state index in [4.69, 9.17) is 5.73 Å². The summed E-state index contributed by atoms with van der Waals surface area (Å²) in [5.74, 6) is -0.171. The fourth-order valence-electron chi connectivity index (χ4n) is 1.98. The fraction of sp³-hybridized carbons (Fsp3) is 0.533. The lowest BCUT2D eigenvalue weighted by Gasteiger charge is -2.24. The third-order valence-corrected chi connectivity index (χ3v) is 3.55. The van der Waals surface area contributed by atoms with Crippen molar-refractivity contribution in [2.75, 3.05) is 11.9 Å². The van der Waals surface area contributed by atoms with Crippen molar-refractivity contribution in [3.05, 3.63) is 28.2 Å². The Labute approximate surface area is 124 Å². The van der Waals surface area contributed by atoms with Crippen molar-refractivity contribution in [3.63, 3.8) is 0 Å². The van der Waals surface area contributed by atoms with Crippen molar-refractivity contribution < 1.29 is 4.79 Å². The van der Waals surface area contributed by atoms with E-state index in [0.717, 1.165) is 22.1 Å². The minimum absolute atomic E-state index is 0.0121. The number of benzene rings is 1. The first-order chi connectivity index (χ1) is 8.73. The number of aryl methyl sites for hydroxylation is 1.